The Balaban J connectivity index is 2.73. The number of ether oxygens (including phenoxy) is 2. The molecule has 0 unspecified atom stereocenters. The van der Waals surface area contributed by atoms with Crippen LogP contribution in [0.1, 0.15) is 12.0 Å². The van der Waals surface area contributed by atoms with Crippen molar-refractivity contribution >= 4 is 15.9 Å². The van der Waals surface area contributed by atoms with E-state index in [9.17, 15) is 0 Å². The number of hydrogen-bond acceptors (Lipinski definition) is 3. The van der Waals surface area contributed by atoms with Crippen molar-refractivity contribution in [2.75, 3.05) is 20.8 Å². The molecule has 0 aromatic heterocycles. The fourth-order valence-corrected chi connectivity index (χ4v) is 2.16. The van der Waals surface area contributed by atoms with Gasteiger partial charge in [-0.2, -0.15) is 0 Å². The van der Waals surface area contributed by atoms with Gasteiger partial charge < -0.3 is 14.8 Å². The number of benzene rings is 1. The van der Waals surface area contributed by atoms with Crippen LogP contribution in [-0.4, -0.2) is 20.8 Å². The van der Waals surface area contributed by atoms with Crippen LogP contribution in [0.25, 0.3) is 0 Å². The van der Waals surface area contributed by atoms with E-state index >= 15 is 0 Å². The molecule has 1 rings (SSSR count). The van der Waals surface area contributed by atoms with Crippen molar-refractivity contribution in [2.45, 2.75) is 13.0 Å². The van der Waals surface area contributed by atoms with Gasteiger partial charge in [-0.1, -0.05) is 6.08 Å². The standard InChI is InChI=1S/C13H18BrNO2/c1-4-5-6-15-9-10-7-11(14)13(17-3)12(8-10)16-2/h4,7-8,15H,1,5-6,9H2,2-3H3. The zero-order valence-corrected chi connectivity index (χ0v) is 11.8. The van der Waals surface area contributed by atoms with Crippen molar-refractivity contribution in [1.82, 2.24) is 5.32 Å². The minimum atomic E-state index is 0.724. The highest BCUT2D eigenvalue weighted by molar-refractivity contribution is 9.10. The van der Waals surface area contributed by atoms with Crippen LogP contribution < -0.4 is 14.8 Å². The van der Waals surface area contributed by atoms with Gasteiger partial charge in [-0.05, 0) is 46.6 Å². The fraction of sp³-hybridized carbons (Fsp3) is 0.385. The SMILES string of the molecule is C=CCCNCc1cc(Br)c(OC)c(OC)c1. The minimum Gasteiger partial charge on any atom is -0.493 e. The van der Waals surface area contributed by atoms with Gasteiger partial charge in [0.1, 0.15) is 0 Å². The molecule has 0 atom stereocenters. The highest BCUT2D eigenvalue weighted by Gasteiger charge is 2.09. The third kappa shape index (κ3) is 4.06. The van der Waals surface area contributed by atoms with Crippen LogP contribution in [0.2, 0.25) is 0 Å². The second-order valence-electron chi connectivity index (χ2n) is 3.57. The van der Waals surface area contributed by atoms with Crippen molar-refractivity contribution in [3.8, 4) is 11.5 Å². The van der Waals surface area contributed by atoms with E-state index in [0.717, 1.165) is 41.0 Å². The van der Waals surface area contributed by atoms with Crippen LogP contribution in [0.15, 0.2) is 29.3 Å². The number of nitrogens with one attached hydrogen (secondary N) is 1. The van der Waals surface area contributed by atoms with Gasteiger partial charge in [0.25, 0.3) is 0 Å². The molecule has 0 heterocycles. The Morgan fingerprint density at radius 1 is 1.35 bits per heavy atom. The molecule has 0 aliphatic heterocycles. The lowest BCUT2D eigenvalue weighted by Gasteiger charge is -2.12. The predicted molar refractivity (Wildman–Crippen MR) is 73.8 cm³/mol. The number of hydrogen-bond donors (Lipinski definition) is 1. The highest BCUT2D eigenvalue weighted by atomic mass is 79.9. The molecule has 4 heteroatoms. The molecular weight excluding hydrogens is 282 g/mol. The molecule has 0 spiro atoms. The first kappa shape index (κ1) is 14.1. The molecule has 0 saturated carbocycles. The second-order valence-corrected chi connectivity index (χ2v) is 4.42. The van der Waals surface area contributed by atoms with Crippen molar-refractivity contribution in [3.63, 3.8) is 0 Å². The van der Waals surface area contributed by atoms with Gasteiger partial charge in [0, 0.05) is 6.54 Å². The smallest absolute Gasteiger partial charge is 0.174 e. The summed E-state index contributed by atoms with van der Waals surface area (Å²) in [5.41, 5.74) is 1.15. The van der Waals surface area contributed by atoms with Crippen LogP contribution in [0.5, 0.6) is 11.5 Å². The van der Waals surface area contributed by atoms with Crippen LogP contribution in [0.4, 0.5) is 0 Å². The quantitative estimate of drug-likeness (QED) is 0.620. The van der Waals surface area contributed by atoms with E-state index in [4.69, 9.17) is 9.47 Å². The van der Waals surface area contributed by atoms with E-state index in [1.807, 2.05) is 18.2 Å². The summed E-state index contributed by atoms with van der Waals surface area (Å²) in [6.45, 7) is 5.41. The zero-order chi connectivity index (χ0) is 12.7. The van der Waals surface area contributed by atoms with Crippen LogP contribution in [-0.2, 0) is 6.54 Å². The lowest BCUT2D eigenvalue weighted by Crippen LogP contribution is -2.14. The van der Waals surface area contributed by atoms with E-state index in [1.165, 1.54) is 0 Å². The molecule has 94 valence electrons. The largest absolute Gasteiger partial charge is 0.493 e. The van der Waals surface area contributed by atoms with Gasteiger partial charge >= 0.3 is 0 Å². The molecule has 1 N–H and O–H groups in total. The molecule has 0 radical (unpaired) electrons. The second kappa shape index (κ2) is 7.35. The van der Waals surface area contributed by atoms with Crippen molar-refractivity contribution in [3.05, 3.63) is 34.8 Å². The molecule has 0 aliphatic rings. The first-order valence-electron chi connectivity index (χ1n) is 5.45. The first-order chi connectivity index (χ1) is 8.22. The normalized spacial score (nSPS) is 10.1. The van der Waals surface area contributed by atoms with Crippen LogP contribution in [0, 0.1) is 0 Å². The third-order valence-electron chi connectivity index (χ3n) is 2.35. The summed E-state index contributed by atoms with van der Waals surface area (Å²) in [6, 6.07) is 4.01. The summed E-state index contributed by atoms with van der Waals surface area (Å²) in [6.07, 6.45) is 2.87. The van der Waals surface area contributed by atoms with Crippen molar-refractivity contribution in [1.29, 1.82) is 0 Å². The van der Waals surface area contributed by atoms with Gasteiger partial charge in [0.2, 0.25) is 0 Å². The van der Waals surface area contributed by atoms with Gasteiger partial charge in [-0.3, -0.25) is 0 Å². The Kier molecular flexibility index (Phi) is 6.08. The zero-order valence-electron chi connectivity index (χ0n) is 10.3. The van der Waals surface area contributed by atoms with Crippen LogP contribution >= 0.6 is 15.9 Å². The maximum atomic E-state index is 5.29. The third-order valence-corrected chi connectivity index (χ3v) is 2.94. The molecule has 1 aromatic carbocycles. The Morgan fingerprint density at radius 3 is 2.71 bits per heavy atom. The van der Waals surface area contributed by atoms with Crippen molar-refractivity contribution < 1.29 is 9.47 Å². The molecular formula is C13H18BrNO2. The summed E-state index contributed by atoms with van der Waals surface area (Å²) >= 11 is 3.47. The fourth-order valence-electron chi connectivity index (χ4n) is 1.51. The summed E-state index contributed by atoms with van der Waals surface area (Å²) < 4.78 is 11.4. The summed E-state index contributed by atoms with van der Waals surface area (Å²) in [5, 5.41) is 3.33. The molecule has 0 fully saturated rings. The van der Waals surface area contributed by atoms with Gasteiger partial charge in [-0.15, -0.1) is 6.58 Å². The summed E-state index contributed by atoms with van der Waals surface area (Å²) in [5.74, 6) is 1.46. The van der Waals surface area contributed by atoms with E-state index in [0.29, 0.717) is 0 Å². The number of halogens is 1. The topological polar surface area (TPSA) is 30.5 Å². The average Bonchev–Trinajstić information content (AvgIpc) is 2.34. The van der Waals surface area contributed by atoms with Crippen molar-refractivity contribution in [2.24, 2.45) is 0 Å². The predicted octanol–water partition coefficient (Wildman–Crippen LogP) is 3.13. The maximum Gasteiger partial charge on any atom is 0.174 e. The van der Waals surface area contributed by atoms with E-state index in [-0.39, 0.29) is 0 Å². The molecule has 1 aromatic rings. The molecule has 17 heavy (non-hydrogen) atoms. The Bertz CT molecular complexity index is 380. The Morgan fingerprint density at radius 2 is 2.12 bits per heavy atom. The lowest BCUT2D eigenvalue weighted by atomic mass is 10.2. The molecule has 3 nitrogen and oxygen atoms in total. The van der Waals surface area contributed by atoms with E-state index in [1.54, 1.807) is 14.2 Å². The number of rotatable bonds is 7. The van der Waals surface area contributed by atoms with Gasteiger partial charge in [0.15, 0.2) is 11.5 Å². The Labute approximate surface area is 111 Å². The lowest BCUT2D eigenvalue weighted by molar-refractivity contribution is 0.352. The van der Waals surface area contributed by atoms with Gasteiger partial charge in [0.05, 0.1) is 18.7 Å². The number of methoxy groups -OCH3 is 2. The summed E-state index contributed by atoms with van der Waals surface area (Å²) in [7, 11) is 3.27. The molecule has 0 amide bonds. The highest BCUT2D eigenvalue weighted by Crippen LogP contribution is 2.36. The maximum absolute atomic E-state index is 5.29. The van der Waals surface area contributed by atoms with E-state index < -0.39 is 0 Å². The van der Waals surface area contributed by atoms with Gasteiger partial charge in [-0.25, -0.2) is 0 Å². The Hall–Kier alpha value is -1.00. The van der Waals surface area contributed by atoms with Crippen LogP contribution in [0.3, 0.4) is 0 Å². The average molecular weight is 300 g/mol. The molecule has 0 aliphatic carbocycles. The molecule has 0 bridgehead atoms. The summed E-state index contributed by atoms with van der Waals surface area (Å²) in [4.78, 5) is 0. The molecule has 0 saturated heterocycles. The monoisotopic (exact) mass is 299 g/mol. The van der Waals surface area contributed by atoms with E-state index in [2.05, 4.69) is 27.8 Å². The minimum absolute atomic E-state index is 0.724. The first-order valence-corrected chi connectivity index (χ1v) is 6.24.